The fourth-order valence-corrected chi connectivity index (χ4v) is 14.0. The van der Waals surface area contributed by atoms with Crippen molar-refractivity contribution in [2.75, 3.05) is 26.7 Å². The molecular weight excluding hydrogens is 596 g/mol. The molecule has 0 aromatic heterocycles. The second kappa shape index (κ2) is 10.7. The molecule has 6 N–H and O–H groups in total. The molecule has 8 aliphatic rings. The van der Waals surface area contributed by atoms with Gasteiger partial charge in [-0.2, -0.15) is 0 Å². The number of likely N-dealkylation sites (N-methyl/N-ethyl adjacent to an activating group) is 1. The minimum atomic E-state index is -1.60. The molecule has 0 aromatic rings. The average Bonchev–Trinajstić information content (AvgIpc) is 3.40. The molecule has 0 radical (unpaired) electrons. The van der Waals surface area contributed by atoms with Gasteiger partial charge in [0.1, 0.15) is 11.9 Å². The van der Waals surface area contributed by atoms with Crippen LogP contribution in [0, 0.1) is 52.3 Å². The van der Waals surface area contributed by atoms with Gasteiger partial charge in [-0.05, 0) is 125 Å². The number of allylic oxidation sites excluding steroid dienone is 1. The molecule has 260 valence electrons. The minimum absolute atomic E-state index is 0.0812. The summed E-state index contributed by atoms with van der Waals surface area (Å²) in [7, 11) is 1.92. The maximum atomic E-state index is 13.7. The fourth-order valence-electron chi connectivity index (χ4n) is 14.0. The summed E-state index contributed by atoms with van der Waals surface area (Å²) in [5, 5.41) is 58.3. The van der Waals surface area contributed by atoms with Gasteiger partial charge in [0, 0.05) is 43.0 Å². The fraction of sp³-hybridized carbons (Fsp3) is 0.842. The van der Waals surface area contributed by atoms with Crippen molar-refractivity contribution in [3.63, 3.8) is 0 Å². The zero-order valence-corrected chi connectivity index (χ0v) is 28.5. The van der Waals surface area contributed by atoms with E-state index in [0.29, 0.717) is 70.3 Å². The topological polar surface area (TPSA) is 148 Å². The summed E-state index contributed by atoms with van der Waals surface area (Å²) in [6.07, 6.45) is 11.0. The average molecular weight is 653 g/mol. The normalized spacial score (nSPS) is 52.6. The van der Waals surface area contributed by atoms with E-state index in [9.17, 15) is 30.0 Å². The number of aliphatic hydroxyl groups excluding tert-OH is 1. The van der Waals surface area contributed by atoms with Gasteiger partial charge in [-0.1, -0.05) is 19.9 Å². The number of aldehydes is 1. The maximum Gasteiger partial charge on any atom is 0.332 e. The van der Waals surface area contributed by atoms with Crippen LogP contribution < -0.4 is 10.6 Å². The Hall–Kier alpha value is -1.62. The minimum Gasteiger partial charge on any atom is -0.447 e. The Bertz CT molecular complexity index is 1400. The Morgan fingerprint density at radius 3 is 2.60 bits per heavy atom. The van der Waals surface area contributed by atoms with Gasteiger partial charge in [-0.25, -0.2) is 4.79 Å². The molecule has 47 heavy (non-hydrogen) atoms. The van der Waals surface area contributed by atoms with Gasteiger partial charge >= 0.3 is 5.97 Å². The monoisotopic (exact) mass is 652 g/mol. The summed E-state index contributed by atoms with van der Waals surface area (Å²) in [6.45, 7) is 6.56. The number of fused-ring (bicyclic) bond motifs is 3. The van der Waals surface area contributed by atoms with E-state index in [1.54, 1.807) is 6.08 Å². The molecule has 8 rings (SSSR count). The summed E-state index contributed by atoms with van der Waals surface area (Å²) >= 11 is 0. The molecule has 0 aromatic carbocycles. The summed E-state index contributed by atoms with van der Waals surface area (Å²) in [5.41, 5.74) is -5.27. The summed E-state index contributed by atoms with van der Waals surface area (Å²) in [6, 6.07) is 0. The van der Waals surface area contributed by atoms with Crippen LogP contribution in [0.5, 0.6) is 0 Å². The Morgan fingerprint density at radius 2 is 1.85 bits per heavy atom. The molecule has 6 saturated carbocycles. The van der Waals surface area contributed by atoms with Gasteiger partial charge in [0.15, 0.2) is 5.60 Å². The molecule has 0 saturated heterocycles. The van der Waals surface area contributed by atoms with Crippen molar-refractivity contribution in [2.45, 2.75) is 119 Å². The first-order valence-electron chi connectivity index (χ1n) is 18.7. The highest BCUT2D eigenvalue weighted by atomic mass is 16.6. The Balaban J connectivity index is 1.27. The van der Waals surface area contributed by atoms with E-state index in [4.69, 9.17) is 4.74 Å². The molecule has 0 unspecified atom stereocenters. The van der Waals surface area contributed by atoms with E-state index in [0.717, 1.165) is 43.4 Å². The smallest absolute Gasteiger partial charge is 0.332 e. The van der Waals surface area contributed by atoms with Crippen LogP contribution >= 0.6 is 0 Å². The number of hydrogen-bond acceptors (Lipinski definition) is 9. The highest BCUT2D eigenvalue weighted by molar-refractivity contribution is 5.88. The predicted octanol–water partition coefficient (Wildman–Crippen LogP) is 2.80. The number of carbonyl (C=O) groups is 2. The van der Waals surface area contributed by atoms with Crippen LogP contribution in [0.25, 0.3) is 0 Å². The van der Waals surface area contributed by atoms with E-state index in [1.165, 1.54) is 0 Å². The van der Waals surface area contributed by atoms with Crippen LogP contribution in [0.3, 0.4) is 0 Å². The maximum absolute atomic E-state index is 13.7. The standard InChI is InChI=1S/C38H56N2O7/c1-22(2)23-5-6-27-29(42)7-11-34(21-41)30-8-12-33-9-4-10-35-26(20-40-14-13-39-3)16-24(32(33)28(35)17-31(43)47-35)18-37(33,45)36(30,44)19-25(15-23)38(27,34)46/h16-17,21-25,27,29-30,32,39-40,42,44-46H,4-15,18-20H2,1-3H3/t23-,24-,25-,27-,29-,30+,32+,33+,34-,35+,36-,37+,38-/m0/s1. The third-order valence-electron chi connectivity index (χ3n) is 15.9. The van der Waals surface area contributed by atoms with Gasteiger partial charge in [0.05, 0.1) is 22.7 Å². The molecule has 1 spiro atoms. The quantitative estimate of drug-likeness (QED) is 0.106. The lowest BCUT2D eigenvalue weighted by molar-refractivity contribution is -0.343. The first-order chi connectivity index (χ1) is 22.4. The third kappa shape index (κ3) is 3.82. The van der Waals surface area contributed by atoms with E-state index in [-0.39, 0.29) is 30.1 Å². The van der Waals surface area contributed by atoms with E-state index >= 15 is 0 Å². The number of nitrogens with one attached hydrogen (secondary N) is 2. The SMILES string of the molecule is CNCCNCC1=C[C@H]2C[C@@]3(O)[C@]4(CCC[C@@]15OC(=O)C=C5[C@@H]24)CC[C@H]1[C@@]3(O)C[C@@H]2C[C@@H](C(C)C)CC[C@H]3[C@@H](O)CC[C@@]1(C=O)[C@]23O. The van der Waals surface area contributed by atoms with Crippen LogP contribution in [0.2, 0.25) is 0 Å². The Labute approximate surface area is 279 Å². The number of aliphatic hydroxyl groups is 4. The van der Waals surface area contributed by atoms with E-state index < -0.39 is 57.1 Å². The van der Waals surface area contributed by atoms with Crippen LogP contribution in [0.4, 0.5) is 0 Å². The lowest BCUT2D eigenvalue weighted by atomic mass is 9.36. The lowest BCUT2D eigenvalue weighted by Gasteiger charge is -2.71. The number of carbonyl (C=O) groups excluding carboxylic acids is 2. The van der Waals surface area contributed by atoms with Crippen molar-refractivity contribution < 1.29 is 34.8 Å². The molecule has 6 fully saturated rings. The van der Waals surface area contributed by atoms with Gasteiger partial charge < -0.3 is 40.6 Å². The molecule has 0 amide bonds. The zero-order valence-electron chi connectivity index (χ0n) is 28.5. The summed E-state index contributed by atoms with van der Waals surface area (Å²) in [5.74, 6) is -1.37. The zero-order chi connectivity index (χ0) is 33.2. The largest absolute Gasteiger partial charge is 0.447 e. The van der Waals surface area contributed by atoms with Gasteiger partial charge in [-0.15, -0.1) is 0 Å². The molecule has 7 aliphatic carbocycles. The second-order valence-electron chi connectivity index (χ2n) is 17.5. The van der Waals surface area contributed by atoms with E-state index in [1.807, 2.05) is 7.05 Å². The van der Waals surface area contributed by atoms with Crippen molar-refractivity contribution in [1.29, 1.82) is 0 Å². The van der Waals surface area contributed by atoms with Crippen molar-refractivity contribution in [3.05, 3.63) is 23.3 Å². The Morgan fingerprint density at radius 1 is 1.04 bits per heavy atom. The van der Waals surface area contributed by atoms with Crippen molar-refractivity contribution in [2.24, 2.45) is 52.3 Å². The second-order valence-corrected chi connectivity index (χ2v) is 17.5. The first kappa shape index (κ1) is 32.6. The molecule has 2 bridgehead atoms. The number of esters is 1. The van der Waals surface area contributed by atoms with Crippen LogP contribution in [0.1, 0.15) is 90.9 Å². The molecular formula is C38H56N2O7. The van der Waals surface area contributed by atoms with Gasteiger partial charge in [-0.3, -0.25) is 0 Å². The van der Waals surface area contributed by atoms with Crippen molar-refractivity contribution in [3.8, 4) is 0 Å². The first-order valence-corrected chi connectivity index (χ1v) is 18.7. The summed E-state index contributed by atoms with van der Waals surface area (Å²) in [4.78, 5) is 26.8. The van der Waals surface area contributed by atoms with Gasteiger partial charge in [0.25, 0.3) is 0 Å². The lowest BCUT2D eigenvalue weighted by Crippen LogP contribution is -2.80. The molecule has 13 atom stereocenters. The summed E-state index contributed by atoms with van der Waals surface area (Å²) < 4.78 is 6.27. The highest BCUT2D eigenvalue weighted by Crippen LogP contribution is 2.78. The van der Waals surface area contributed by atoms with Crippen molar-refractivity contribution in [1.82, 2.24) is 10.6 Å². The van der Waals surface area contributed by atoms with E-state index in [2.05, 4.69) is 30.6 Å². The molecule has 9 heteroatoms. The Kier molecular flexibility index (Phi) is 7.41. The molecule has 1 aliphatic heterocycles. The predicted molar refractivity (Wildman–Crippen MR) is 175 cm³/mol. The van der Waals surface area contributed by atoms with Gasteiger partial charge in [0.2, 0.25) is 0 Å². The number of ether oxygens (including phenoxy) is 1. The molecule has 1 heterocycles. The number of rotatable bonds is 7. The van der Waals surface area contributed by atoms with Crippen LogP contribution in [-0.4, -0.2) is 87.9 Å². The van der Waals surface area contributed by atoms with Crippen molar-refractivity contribution >= 4 is 12.3 Å². The third-order valence-corrected chi connectivity index (χ3v) is 15.9. The van der Waals surface area contributed by atoms with Crippen LogP contribution in [0.15, 0.2) is 23.3 Å². The number of hydrogen-bond donors (Lipinski definition) is 6. The highest BCUT2D eigenvalue weighted by Gasteiger charge is 2.83. The molecule has 9 nitrogen and oxygen atoms in total. The van der Waals surface area contributed by atoms with Crippen LogP contribution in [-0.2, 0) is 14.3 Å².